The Labute approximate surface area is 118 Å². The van der Waals surface area contributed by atoms with Crippen molar-refractivity contribution in [3.05, 3.63) is 18.5 Å². The van der Waals surface area contributed by atoms with Crippen molar-refractivity contribution in [2.45, 2.75) is 26.7 Å². The van der Waals surface area contributed by atoms with Crippen LogP contribution in [0.1, 0.15) is 26.7 Å². The maximum atomic E-state index is 4.37. The average Bonchev–Trinajstić information content (AvgIpc) is 2.97. The van der Waals surface area contributed by atoms with Gasteiger partial charge in [-0.3, -0.25) is 0 Å². The molecule has 2 heterocycles. The van der Waals surface area contributed by atoms with Crippen LogP contribution in [-0.4, -0.2) is 38.3 Å². The number of anilines is 2. The molecule has 0 fully saturated rings. The van der Waals surface area contributed by atoms with Crippen LogP contribution in [0.3, 0.4) is 0 Å². The monoisotopic (exact) mass is 275 g/mol. The molecule has 7 heteroatoms. The first-order valence-corrected chi connectivity index (χ1v) is 6.86. The summed E-state index contributed by atoms with van der Waals surface area (Å²) in [5, 5.41) is 10.3. The predicted octanol–water partition coefficient (Wildman–Crippen LogP) is 1.95. The fourth-order valence-electron chi connectivity index (χ4n) is 1.76. The Kier molecular flexibility index (Phi) is 4.86. The number of rotatable bonds is 7. The van der Waals surface area contributed by atoms with Gasteiger partial charge in [0.1, 0.15) is 0 Å². The van der Waals surface area contributed by atoms with Gasteiger partial charge in [0, 0.05) is 26.0 Å². The van der Waals surface area contributed by atoms with Crippen molar-refractivity contribution in [2.75, 3.05) is 24.2 Å². The van der Waals surface area contributed by atoms with Gasteiger partial charge < -0.3 is 10.6 Å². The zero-order valence-electron chi connectivity index (χ0n) is 12.2. The molecule has 0 atom stereocenters. The summed E-state index contributed by atoms with van der Waals surface area (Å²) in [6.07, 6.45) is 5.77. The van der Waals surface area contributed by atoms with Gasteiger partial charge in [0.05, 0.1) is 0 Å². The molecule has 0 spiro atoms. The maximum Gasteiger partial charge on any atom is 0.257 e. The van der Waals surface area contributed by atoms with E-state index >= 15 is 0 Å². The lowest BCUT2D eigenvalue weighted by Gasteiger charge is -2.09. The molecule has 0 aromatic carbocycles. The van der Waals surface area contributed by atoms with Gasteiger partial charge in [-0.2, -0.15) is 20.1 Å². The standard InChI is InChI=1S/C13H21N7/c1-10(2)6-4-7-15-12-17-11(14-3)18-13(19-12)20-9-5-8-16-20/h5,8-10H,4,6-7H2,1-3H3,(H2,14,15,17,18,19). The number of aromatic nitrogens is 5. The molecule has 108 valence electrons. The van der Waals surface area contributed by atoms with Gasteiger partial charge in [0.2, 0.25) is 11.9 Å². The highest BCUT2D eigenvalue weighted by Crippen LogP contribution is 2.09. The summed E-state index contributed by atoms with van der Waals surface area (Å²) in [6, 6.07) is 1.83. The van der Waals surface area contributed by atoms with Gasteiger partial charge in [-0.1, -0.05) is 13.8 Å². The van der Waals surface area contributed by atoms with Gasteiger partial charge in [0.25, 0.3) is 5.95 Å². The minimum atomic E-state index is 0.501. The number of nitrogens with zero attached hydrogens (tertiary/aromatic N) is 5. The van der Waals surface area contributed by atoms with Crippen LogP contribution in [0.15, 0.2) is 18.5 Å². The van der Waals surface area contributed by atoms with Gasteiger partial charge in [0.15, 0.2) is 0 Å². The van der Waals surface area contributed by atoms with Crippen molar-refractivity contribution in [3.8, 4) is 5.95 Å². The molecule has 2 aromatic heterocycles. The molecule has 0 aliphatic carbocycles. The lowest BCUT2D eigenvalue weighted by Crippen LogP contribution is -2.12. The Bertz CT molecular complexity index is 522. The molecule has 0 saturated heterocycles. The quantitative estimate of drug-likeness (QED) is 0.752. The Balaban J connectivity index is 2.06. The van der Waals surface area contributed by atoms with E-state index in [1.165, 1.54) is 6.42 Å². The molecule has 2 N–H and O–H groups in total. The van der Waals surface area contributed by atoms with Crippen molar-refractivity contribution in [1.82, 2.24) is 24.7 Å². The topological polar surface area (TPSA) is 80.5 Å². The molecule has 0 radical (unpaired) electrons. The highest BCUT2D eigenvalue weighted by Gasteiger charge is 2.07. The SMILES string of the molecule is CNc1nc(NCCCC(C)C)nc(-n2cccn2)n1. The van der Waals surface area contributed by atoms with Crippen LogP contribution in [0.4, 0.5) is 11.9 Å². The summed E-state index contributed by atoms with van der Waals surface area (Å²) in [6.45, 7) is 5.29. The molecule has 0 saturated carbocycles. The van der Waals surface area contributed by atoms with Crippen LogP contribution < -0.4 is 10.6 Å². The van der Waals surface area contributed by atoms with E-state index < -0.39 is 0 Å². The lowest BCUT2D eigenvalue weighted by molar-refractivity contribution is 0.566. The first-order chi connectivity index (χ1) is 9.69. The normalized spacial score (nSPS) is 10.8. The molecule has 0 bridgehead atoms. The molecule has 20 heavy (non-hydrogen) atoms. The Morgan fingerprint density at radius 3 is 2.65 bits per heavy atom. The highest BCUT2D eigenvalue weighted by atomic mass is 15.4. The van der Waals surface area contributed by atoms with Crippen LogP contribution >= 0.6 is 0 Å². The Morgan fingerprint density at radius 1 is 1.20 bits per heavy atom. The van der Waals surface area contributed by atoms with Crippen molar-refractivity contribution >= 4 is 11.9 Å². The molecule has 7 nitrogen and oxygen atoms in total. The van der Waals surface area contributed by atoms with E-state index in [0.29, 0.717) is 23.8 Å². The first kappa shape index (κ1) is 14.2. The van der Waals surface area contributed by atoms with Gasteiger partial charge in [-0.25, -0.2) is 4.68 Å². The van der Waals surface area contributed by atoms with E-state index in [2.05, 4.69) is 44.5 Å². The number of hydrogen-bond acceptors (Lipinski definition) is 6. The fraction of sp³-hybridized carbons (Fsp3) is 0.538. The maximum absolute atomic E-state index is 4.37. The number of nitrogens with one attached hydrogen (secondary N) is 2. The summed E-state index contributed by atoms with van der Waals surface area (Å²) >= 11 is 0. The molecule has 2 rings (SSSR count). The van der Waals surface area contributed by atoms with E-state index in [1.807, 2.05) is 6.07 Å². The zero-order chi connectivity index (χ0) is 14.4. The van der Waals surface area contributed by atoms with Gasteiger partial charge in [-0.05, 0) is 24.8 Å². The Morgan fingerprint density at radius 2 is 2.00 bits per heavy atom. The van der Waals surface area contributed by atoms with Crippen LogP contribution in [0, 0.1) is 5.92 Å². The summed E-state index contributed by atoms with van der Waals surface area (Å²) in [5.74, 6) is 2.30. The van der Waals surface area contributed by atoms with Crippen LogP contribution in [0.25, 0.3) is 5.95 Å². The van der Waals surface area contributed by atoms with Crippen molar-refractivity contribution in [3.63, 3.8) is 0 Å². The molecule has 0 aliphatic heterocycles. The molecule has 0 aliphatic rings. The molecular formula is C13H21N7. The molecule has 0 unspecified atom stereocenters. The summed E-state index contributed by atoms with van der Waals surface area (Å²) in [5.41, 5.74) is 0. The second kappa shape index (κ2) is 6.83. The average molecular weight is 275 g/mol. The third-order valence-electron chi connectivity index (χ3n) is 2.80. The van der Waals surface area contributed by atoms with Crippen molar-refractivity contribution < 1.29 is 0 Å². The predicted molar refractivity (Wildman–Crippen MR) is 79.1 cm³/mol. The second-order valence-electron chi connectivity index (χ2n) is 4.95. The van der Waals surface area contributed by atoms with Gasteiger partial charge >= 0.3 is 0 Å². The molecule has 2 aromatic rings. The van der Waals surface area contributed by atoms with Crippen LogP contribution in [0.5, 0.6) is 0 Å². The van der Waals surface area contributed by atoms with Crippen molar-refractivity contribution in [1.29, 1.82) is 0 Å². The highest BCUT2D eigenvalue weighted by molar-refractivity contribution is 5.37. The third kappa shape index (κ3) is 3.91. The number of hydrogen-bond donors (Lipinski definition) is 2. The second-order valence-corrected chi connectivity index (χ2v) is 4.95. The fourth-order valence-corrected chi connectivity index (χ4v) is 1.76. The molecule has 0 amide bonds. The largest absolute Gasteiger partial charge is 0.357 e. The Hall–Kier alpha value is -2.18. The van der Waals surface area contributed by atoms with E-state index in [9.17, 15) is 0 Å². The van der Waals surface area contributed by atoms with Crippen LogP contribution in [-0.2, 0) is 0 Å². The van der Waals surface area contributed by atoms with Crippen molar-refractivity contribution in [2.24, 2.45) is 5.92 Å². The summed E-state index contributed by atoms with van der Waals surface area (Å²) in [4.78, 5) is 12.9. The molecular weight excluding hydrogens is 254 g/mol. The lowest BCUT2D eigenvalue weighted by atomic mass is 10.1. The van der Waals surface area contributed by atoms with Crippen LogP contribution in [0.2, 0.25) is 0 Å². The first-order valence-electron chi connectivity index (χ1n) is 6.86. The van der Waals surface area contributed by atoms with E-state index in [1.54, 1.807) is 24.1 Å². The van der Waals surface area contributed by atoms with E-state index in [-0.39, 0.29) is 0 Å². The van der Waals surface area contributed by atoms with Gasteiger partial charge in [-0.15, -0.1) is 0 Å². The third-order valence-corrected chi connectivity index (χ3v) is 2.80. The zero-order valence-corrected chi connectivity index (χ0v) is 12.2. The van der Waals surface area contributed by atoms with E-state index in [4.69, 9.17) is 0 Å². The minimum absolute atomic E-state index is 0.501. The summed E-state index contributed by atoms with van der Waals surface area (Å²) in [7, 11) is 1.78. The summed E-state index contributed by atoms with van der Waals surface area (Å²) < 4.78 is 1.61. The smallest absolute Gasteiger partial charge is 0.257 e. The minimum Gasteiger partial charge on any atom is -0.357 e. The van der Waals surface area contributed by atoms with E-state index in [0.717, 1.165) is 13.0 Å².